The number of rotatable bonds is 4. The average Bonchev–Trinajstić information content (AvgIpc) is 2.79. The van der Waals surface area contributed by atoms with Crippen LogP contribution >= 0.6 is 11.6 Å². The normalized spacial score (nSPS) is 10.2. The molecule has 2 rings (SSSR count). The fourth-order valence-electron chi connectivity index (χ4n) is 1.56. The molecule has 0 aliphatic carbocycles. The van der Waals surface area contributed by atoms with Crippen LogP contribution in [-0.4, -0.2) is 19.6 Å². The van der Waals surface area contributed by atoms with Gasteiger partial charge in [0.05, 0.1) is 23.5 Å². The first-order valence-corrected chi connectivity index (χ1v) is 5.91. The lowest BCUT2D eigenvalue weighted by Crippen LogP contribution is -2.25. The molecule has 2 aromatic heterocycles. The molecule has 0 atom stereocenters. The molecule has 0 radical (unpaired) electrons. The second kappa shape index (κ2) is 5.59. The molecule has 0 aromatic carbocycles. The van der Waals surface area contributed by atoms with Crippen molar-refractivity contribution in [3.05, 3.63) is 39.5 Å². The first-order valence-electron chi connectivity index (χ1n) is 5.53. The molecule has 2 aromatic rings. The van der Waals surface area contributed by atoms with Crippen molar-refractivity contribution in [2.24, 2.45) is 7.05 Å². The molecule has 0 amide bonds. The molecule has 0 bridgehead atoms. The van der Waals surface area contributed by atoms with Crippen LogP contribution in [0.1, 0.15) is 5.69 Å². The minimum Gasteiger partial charge on any atom is -0.374 e. The second-order valence-corrected chi connectivity index (χ2v) is 4.28. The molecule has 0 saturated carbocycles. The second-order valence-electron chi connectivity index (χ2n) is 3.87. The Labute approximate surface area is 115 Å². The Bertz CT molecular complexity index is 682. The third kappa shape index (κ3) is 2.95. The van der Waals surface area contributed by atoms with Gasteiger partial charge in [-0.1, -0.05) is 17.5 Å². The van der Waals surface area contributed by atoms with Gasteiger partial charge in [0.1, 0.15) is 12.2 Å². The van der Waals surface area contributed by atoms with Crippen molar-refractivity contribution in [2.75, 3.05) is 5.32 Å². The summed E-state index contributed by atoms with van der Waals surface area (Å²) in [5.74, 6) is 2.36. The van der Waals surface area contributed by atoms with Crippen LogP contribution in [0, 0.1) is 12.3 Å². The minimum absolute atomic E-state index is 0.105. The van der Waals surface area contributed by atoms with Crippen molar-refractivity contribution in [1.29, 1.82) is 0 Å². The van der Waals surface area contributed by atoms with Gasteiger partial charge in [-0.15, -0.1) is 6.42 Å². The highest BCUT2D eigenvalue weighted by Crippen LogP contribution is 2.15. The lowest BCUT2D eigenvalue weighted by molar-refractivity contribution is 0.663. The van der Waals surface area contributed by atoms with Gasteiger partial charge >= 0.3 is 0 Å². The van der Waals surface area contributed by atoms with Gasteiger partial charge in [0, 0.05) is 13.2 Å². The van der Waals surface area contributed by atoms with Gasteiger partial charge in [0.15, 0.2) is 0 Å². The third-order valence-corrected chi connectivity index (χ3v) is 2.74. The molecule has 19 heavy (non-hydrogen) atoms. The Morgan fingerprint density at radius 1 is 1.58 bits per heavy atom. The lowest BCUT2D eigenvalue weighted by atomic mass is 10.4. The maximum absolute atomic E-state index is 12.0. The predicted octanol–water partition coefficient (Wildman–Crippen LogP) is 0.875. The van der Waals surface area contributed by atoms with E-state index in [0.29, 0.717) is 6.54 Å². The fraction of sp³-hybridized carbons (Fsp3) is 0.250. The van der Waals surface area contributed by atoms with Gasteiger partial charge in [-0.05, 0) is 6.07 Å². The summed E-state index contributed by atoms with van der Waals surface area (Å²) >= 11 is 5.96. The Morgan fingerprint density at radius 2 is 2.37 bits per heavy atom. The van der Waals surface area contributed by atoms with E-state index in [9.17, 15) is 4.79 Å². The van der Waals surface area contributed by atoms with Crippen molar-refractivity contribution >= 4 is 17.3 Å². The van der Waals surface area contributed by atoms with Crippen LogP contribution in [0.15, 0.2) is 23.3 Å². The van der Waals surface area contributed by atoms with Crippen LogP contribution in [0.4, 0.5) is 5.69 Å². The van der Waals surface area contributed by atoms with Crippen LogP contribution in [0.3, 0.4) is 0 Å². The van der Waals surface area contributed by atoms with Crippen LogP contribution in [-0.2, 0) is 20.1 Å². The molecule has 1 N–H and O–H groups in total. The standard InChI is InChI=1S/C12H12ClN5O/c1-3-5-18-12(19)11(10(13)8-15-18)14-7-9-4-6-17(2)16-9/h1,4,6,8,14H,5,7H2,2H3. The molecule has 0 spiro atoms. The summed E-state index contributed by atoms with van der Waals surface area (Å²) in [6.45, 7) is 0.504. The van der Waals surface area contributed by atoms with Gasteiger partial charge in [-0.2, -0.15) is 10.2 Å². The highest BCUT2D eigenvalue weighted by Gasteiger charge is 2.09. The van der Waals surface area contributed by atoms with Gasteiger partial charge in [0.25, 0.3) is 5.56 Å². The molecule has 0 saturated heterocycles. The van der Waals surface area contributed by atoms with E-state index in [0.717, 1.165) is 5.69 Å². The third-order valence-electron chi connectivity index (χ3n) is 2.45. The number of halogens is 1. The van der Waals surface area contributed by atoms with E-state index in [4.69, 9.17) is 18.0 Å². The molecule has 6 nitrogen and oxygen atoms in total. The number of aromatic nitrogens is 4. The number of nitrogens with one attached hydrogen (secondary N) is 1. The highest BCUT2D eigenvalue weighted by atomic mass is 35.5. The molecular weight excluding hydrogens is 266 g/mol. The Kier molecular flexibility index (Phi) is 3.88. The van der Waals surface area contributed by atoms with Crippen LogP contribution in [0.2, 0.25) is 5.02 Å². The van der Waals surface area contributed by atoms with Gasteiger partial charge in [-0.25, -0.2) is 4.68 Å². The largest absolute Gasteiger partial charge is 0.374 e. The molecule has 0 fully saturated rings. The van der Waals surface area contributed by atoms with E-state index in [2.05, 4.69) is 21.4 Å². The summed E-state index contributed by atoms with van der Waals surface area (Å²) in [5.41, 5.74) is 0.734. The number of hydrogen-bond donors (Lipinski definition) is 1. The molecule has 98 valence electrons. The summed E-state index contributed by atoms with van der Waals surface area (Å²) < 4.78 is 2.86. The first kappa shape index (κ1) is 13.2. The Balaban J connectivity index is 2.22. The van der Waals surface area contributed by atoms with Crippen molar-refractivity contribution in [2.45, 2.75) is 13.1 Å². The summed E-state index contributed by atoms with van der Waals surface area (Å²) in [5, 5.41) is 11.3. The smallest absolute Gasteiger partial charge is 0.292 e. The number of terminal acetylenes is 1. The lowest BCUT2D eigenvalue weighted by Gasteiger charge is -2.08. The average molecular weight is 278 g/mol. The minimum atomic E-state index is -0.346. The van der Waals surface area contributed by atoms with Crippen molar-refractivity contribution in [3.63, 3.8) is 0 Å². The predicted molar refractivity (Wildman–Crippen MR) is 72.9 cm³/mol. The van der Waals surface area contributed by atoms with E-state index in [1.165, 1.54) is 10.9 Å². The number of anilines is 1. The molecular formula is C12H12ClN5O. The van der Waals surface area contributed by atoms with E-state index in [1.807, 2.05) is 19.3 Å². The zero-order valence-corrected chi connectivity index (χ0v) is 11.1. The summed E-state index contributed by atoms with van der Waals surface area (Å²) in [7, 11) is 1.82. The van der Waals surface area contributed by atoms with E-state index < -0.39 is 0 Å². The Hall–Kier alpha value is -2.26. The number of aryl methyl sites for hydroxylation is 1. The maximum atomic E-state index is 12.0. The van der Waals surface area contributed by atoms with Crippen LogP contribution in [0.25, 0.3) is 0 Å². The van der Waals surface area contributed by atoms with Crippen LogP contribution < -0.4 is 10.9 Å². The summed E-state index contributed by atoms with van der Waals surface area (Å²) in [4.78, 5) is 12.0. The van der Waals surface area contributed by atoms with Crippen molar-refractivity contribution in [1.82, 2.24) is 19.6 Å². The maximum Gasteiger partial charge on any atom is 0.292 e. The monoisotopic (exact) mass is 277 g/mol. The van der Waals surface area contributed by atoms with Gasteiger partial charge in [0.2, 0.25) is 0 Å². The summed E-state index contributed by atoms with van der Waals surface area (Å²) in [6, 6.07) is 1.85. The highest BCUT2D eigenvalue weighted by molar-refractivity contribution is 6.32. The molecule has 0 unspecified atom stereocenters. The summed E-state index contributed by atoms with van der Waals surface area (Å²) in [6.07, 6.45) is 8.38. The molecule has 0 aliphatic rings. The molecule has 2 heterocycles. The zero-order chi connectivity index (χ0) is 13.8. The number of nitrogens with zero attached hydrogens (tertiary/aromatic N) is 4. The van der Waals surface area contributed by atoms with Crippen molar-refractivity contribution < 1.29 is 0 Å². The van der Waals surface area contributed by atoms with Gasteiger partial charge < -0.3 is 5.32 Å². The quantitative estimate of drug-likeness (QED) is 0.843. The molecule has 0 aliphatic heterocycles. The fourth-order valence-corrected chi connectivity index (χ4v) is 1.76. The van der Waals surface area contributed by atoms with E-state index in [-0.39, 0.29) is 22.8 Å². The SMILES string of the molecule is C#CCn1ncc(Cl)c(NCc2ccn(C)n2)c1=O. The number of hydrogen-bond acceptors (Lipinski definition) is 4. The topological polar surface area (TPSA) is 64.7 Å². The van der Waals surface area contributed by atoms with Crippen LogP contribution in [0.5, 0.6) is 0 Å². The van der Waals surface area contributed by atoms with Gasteiger partial charge in [-0.3, -0.25) is 9.48 Å². The van der Waals surface area contributed by atoms with Crippen molar-refractivity contribution in [3.8, 4) is 12.3 Å². The van der Waals surface area contributed by atoms with E-state index >= 15 is 0 Å². The zero-order valence-electron chi connectivity index (χ0n) is 10.3. The Morgan fingerprint density at radius 3 is 3.00 bits per heavy atom. The molecule has 7 heteroatoms. The van der Waals surface area contributed by atoms with E-state index in [1.54, 1.807) is 4.68 Å². The first-order chi connectivity index (χ1) is 9.11.